The van der Waals surface area contributed by atoms with Gasteiger partial charge in [0.1, 0.15) is 0 Å². The zero-order valence-corrected chi connectivity index (χ0v) is 10.3. The number of benzene rings is 1. The van der Waals surface area contributed by atoms with E-state index in [-0.39, 0.29) is 0 Å². The fourth-order valence-electron chi connectivity index (χ4n) is 2.44. The number of imidazole rings is 1. The molecule has 2 rings (SSSR count). The summed E-state index contributed by atoms with van der Waals surface area (Å²) < 4.78 is 4.68. The molecule has 0 atom stereocenters. The summed E-state index contributed by atoms with van der Waals surface area (Å²) in [5, 5.41) is 0. The highest BCUT2D eigenvalue weighted by Gasteiger charge is 2.20. The maximum atomic E-state index is 2.39. The van der Waals surface area contributed by atoms with Crippen molar-refractivity contribution in [2.24, 2.45) is 7.05 Å². The first-order chi connectivity index (χ1) is 7.07. The van der Waals surface area contributed by atoms with Crippen LogP contribution in [0, 0.1) is 20.8 Å². The first-order valence-corrected chi connectivity index (χ1v) is 5.53. The predicted molar refractivity (Wildman–Crippen MR) is 63.0 cm³/mol. The van der Waals surface area contributed by atoms with Crippen LogP contribution >= 0.6 is 0 Å². The lowest BCUT2D eigenvalue weighted by atomic mass is 10.1. The summed E-state index contributed by atoms with van der Waals surface area (Å²) in [6, 6.07) is 4.42. The molecule has 2 aromatic rings. The first kappa shape index (κ1) is 10.2. The Morgan fingerprint density at radius 1 is 1.13 bits per heavy atom. The molecule has 0 saturated carbocycles. The van der Waals surface area contributed by atoms with E-state index >= 15 is 0 Å². The average molecular weight is 203 g/mol. The highest BCUT2D eigenvalue weighted by atomic mass is 15.1. The Kier molecular flexibility index (Phi) is 2.29. The van der Waals surface area contributed by atoms with E-state index in [9.17, 15) is 0 Å². The van der Waals surface area contributed by atoms with Crippen molar-refractivity contribution in [3.63, 3.8) is 0 Å². The molecule has 0 aliphatic carbocycles. The quantitative estimate of drug-likeness (QED) is 0.629. The molecule has 1 aromatic carbocycles. The van der Waals surface area contributed by atoms with E-state index in [1.165, 1.54) is 28.0 Å². The van der Waals surface area contributed by atoms with Crippen molar-refractivity contribution in [3.8, 4) is 0 Å². The second kappa shape index (κ2) is 3.37. The Morgan fingerprint density at radius 3 is 2.33 bits per heavy atom. The van der Waals surface area contributed by atoms with E-state index < -0.39 is 0 Å². The molecule has 15 heavy (non-hydrogen) atoms. The molecule has 2 nitrogen and oxygen atoms in total. The number of rotatable bonds is 1. The summed E-state index contributed by atoms with van der Waals surface area (Å²) in [4.78, 5) is 0. The van der Waals surface area contributed by atoms with Gasteiger partial charge in [-0.15, -0.1) is 0 Å². The second-order valence-electron chi connectivity index (χ2n) is 4.25. The molecule has 0 amide bonds. The van der Waals surface area contributed by atoms with Crippen LogP contribution < -0.4 is 4.57 Å². The zero-order valence-electron chi connectivity index (χ0n) is 10.3. The lowest BCUT2D eigenvalue weighted by molar-refractivity contribution is -0.652. The van der Waals surface area contributed by atoms with Crippen LogP contribution in [0.25, 0.3) is 11.0 Å². The van der Waals surface area contributed by atoms with Gasteiger partial charge in [0.2, 0.25) is 0 Å². The van der Waals surface area contributed by atoms with Gasteiger partial charge in [0, 0.05) is 18.1 Å². The topological polar surface area (TPSA) is 8.81 Å². The molecule has 0 fully saturated rings. The molecule has 1 aromatic heterocycles. The lowest BCUT2D eigenvalue weighted by Crippen LogP contribution is -2.31. The van der Waals surface area contributed by atoms with Gasteiger partial charge in [0.25, 0.3) is 5.82 Å². The van der Waals surface area contributed by atoms with Gasteiger partial charge >= 0.3 is 0 Å². The van der Waals surface area contributed by atoms with E-state index in [4.69, 9.17) is 0 Å². The maximum absolute atomic E-state index is 2.39. The predicted octanol–water partition coefficient (Wildman–Crippen LogP) is 2.41. The van der Waals surface area contributed by atoms with E-state index in [1.54, 1.807) is 0 Å². The van der Waals surface area contributed by atoms with E-state index in [0.717, 1.165) is 6.54 Å². The Balaban J connectivity index is 3.02. The van der Waals surface area contributed by atoms with Gasteiger partial charge in [-0.25, -0.2) is 9.13 Å². The summed E-state index contributed by atoms with van der Waals surface area (Å²) in [7, 11) is 2.15. The summed E-state index contributed by atoms with van der Waals surface area (Å²) in [5.41, 5.74) is 5.47. The summed E-state index contributed by atoms with van der Waals surface area (Å²) in [6.07, 6.45) is 0. The van der Waals surface area contributed by atoms with Crippen LogP contribution in [0.5, 0.6) is 0 Å². The van der Waals surface area contributed by atoms with Gasteiger partial charge in [-0.05, 0) is 20.8 Å². The summed E-state index contributed by atoms with van der Waals surface area (Å²) in [5.74, 6) is 1.32. The smallest absolute Gasteiger partial charge is 0.230 e. The number of hydrogen-bond donors (Lipinski definition) is 0. The Morgan fingerprint density at radius 2 is 1.73 bits per heavy atom. The van der Waals surface area contributed by atoms with Crippen LogP contribution in [-0.4, -0.2) is 4.57 Å². The van der Waals surface area contributed by atoms with E-state index in [1.807, 2.05) is 0 Å². The van der Waals surface area contributed by atoms with Gasteiger partial charge in [-0.2, -0.15) is 0 Å². The Hall–Kier alpha value is -1.31. The minimum Gasteiger partial charge on any atom is -0.230 e. The molecule has 0 bridgehead atoms. The molecule has 0 radical (unpaired) electrons. The van der Waals surface area contributed by atoms with Crippen molar-refractivity contribution in [3.05, 3.63) is 29.1 Å². The van der Waals surface area contributed by atoms with Gasteiger partial charge < -0.3 is 0 Å². The number of aryl methyl sites for hydroxylation is 4. The molecular weight excluding hydrogens is 184 g/mol. The van der Waals surface area contributed by atoms with Gasteiger partial charge in [0.05, 0.1) is 13.6 Å². The highest BCUT2D eigenvalue weighted by Crippen LogP contribution is 2.21. The minimum atomic E-state index is 1.04. The fourth-order valence-corrected chi connectivity index (χ4v) is 2.44. The minimum absolute atomic E-state index is 1.04. The summed E-state index contributed by atoms with van der Waals surface area (Å²) in [6.45, 7) is 9.79. The number of nitrogens with zero attached hydrogens (tertiary/aromatic N) is 2. The Bertz CT molecular complexity index is 521. The standard InChI is InChI=1S/C13H19N2/c1-6-15-11(4)14(5)12-9(2)7-8-10(3)13(12)15/h7-8H,6H2,1-5H3/q+1. The maximum Gasteiger partial charge on any atom is 0.254 e. The van der Waals surface area contributed by atoms with Crippen LogP contribution in [-0.2, 0) is 13.6 Å². The van der Waals surface area contributed by atoms with Crippen LogP contribution in [0.2, 0.25) is 0 Å². The van der Waals surface area contributed by atoms with Crippen LogP contribution in [0.3, 0.4) is 0 Å². The Labute approximate surface area is 91.2 Å². The third kappa shape index (κ3) is 1.28. The molecule has 0 saturated heterocycles. The summed E-state index contributed by atoms with van der Waals surface area (Å²) >= 11 is 0. The zero-order chi connectivity index (χ0) is 11.2. The van der Waals surface area contributed by atoms with Crippen molar-refractivity contribution < 1.29 is 4.57 Å². The molecule has 0 aliphatic rings. The number of fused-ring (bicyclic) bond motifs is 1. The van der Waals surface area contributed by atoms with Crippen LogP contribution in [0.4, 0.5) is 0 Å². The van der Waals surface area contributed by atoms with Gasteiger partial charge in [-0.3, -0.25) is 0 Å². The molecule has 0 N–H and O–H groups in total. The van der Waals surface area contributed by atoms with Crippen molar-refractivity contribution in [2.75, 3.05) is 0 Å². The fraction of sp³-hybridized carbons (Fsp3) is 0.462. The SMILES string of the molecule is CCn1c(C)[n+](C)c2c(C)ccc(C)c21. The molecular formula is C13H19N2+. The molecule has 1 heterocycles. The average Bonchev–Trinajstić information content (AvgIpc) is 2.47. The van der Waals surface area contributed by atoms with Crippen LogP contribution in [0.1, 0.15) is 23.9 Å². The monoisotopic (exact) mass is 203 g/mol. The largest absolute Gasteiger partial charge is 0.254 e. The molecule has 0 unspecified atom stereocenters. The first-order valence-electron chi connectivity index (χ1n) is 5.53. The highest BCUT2D eigenvalue weighted by molar-refractivity contribution is 5.79. The van der Waals surface area contributed by atoms with Gasteiger partial charge in [-0.1, -0.05) is 12.1 Å². The van der Waals surface area contributed by atoms with Crippen molar-refractivity contribution >= 4 is 11.0 Å². The third-order valence-corrected chi connectivity index (χ3v) is 3.35. The normalized spacial score (nSPS) is 11.3. The van der Waals surface area contributed by atoms with Crippen molar-refractivity contribution in [2.45, 2.75) is 34.2 Å². The molecule has 0 spiro atoms. The second-order valence-corrected chi connectivity index (χ2v) is 4.25. The molecule has 0 aliphatic heterocycles. The molecule has 80 valence electrons. The molecule has 2 heteroatoms. The number of aromatic nitrogens is 2. The van der Waals surface area contributed by atoms with Crippen LogP contribution in [0.15, 0.2) is 12.1 Å². The van der Waals surface area contributed by atoms with Crippen molar-refractivity contribution in [1.82, 2.24) is 4.57 Å². The van der Waals surface area contributed by atoms with Gasteiger partial charge in [0.15, 0.2) is 11.0 Å². The third-order valence-electron chi connectivity index (χ3n) is 3.35. The van der Waals surface area contributed by atoms with E-state index in [0.29, 0.717) is 0 Å². The van der Waals surface area contributed by atoms with Crippen molar-refractivity contribution in [1.29, 1.82) is 0 Å². The number of hydrogen-bond acceptors (Lipinski definition) is 0. The lowest BCUT2D eigenvalue weighted by Gasteiger charge is -1.98. The van der Waals surface area contributed by atoms with E-state index in [2.05, 4.69) is 56.0 Å².